The van der Waals surface area contributed by atoms with Crippen LogP contribution in [0.2, 0.25) is 0 Å². The van der Waals surface area contributed by atoms with E-state index in [1.807, 2.05) is 13.0 Å². The van der Waals surface area contributed by atoms with Gasteiger partial charge in [0.2, 0.25) is 0 Å². The van der Waals surface area contributed by atoms with Crippen molar-refractivity contribution in [3.05, 3.63) is 17.6 Å². The number of morpholine rings is 1. The summed E-state index contributed by atoms with van der Waals surface area (Å²) in [7, 11) is 0. The average molecular weight is 417 g/mol. The summed E-state index contributed by atoms with van der Waals surface area (Å²) >= 11 is 0. The molecule has 1 saturated heterocycles. The average Bonchev–Trinajstić information content (AvgIpc) is 3.51. The number of nitrogen functional groups attached to an aromatic ring is 1. The molecule has 9 nitrogen and oxygen atoms in total. The Bertz CT molecular complexity index is 873. The second kappa shape index (κ2) is 9.61. The van der Waals surface area contributed by atoms with Crippen molar-refractivity contribution in [2.45, 2.75) is 39.2 Å². The number of amides is 2. The highest BCUT2D eigenvalue weighted by atomic mass is 16.5. The molecule has 0 bridgehead atoms. The first-order valence-electron chi connectivity index (χ1n) is 10.9. The molecule has 2 aliphatic rings. The van der Waals surface area contributed by atoms with E-state index >= 15 is 0 Å². The number of carbonyl (C=O) groups is 1. The number of nitrogens with two attached hydrogens (primary N) is 1. The number of aryl methyl sites for hydroxylation is 2. The molecule has 9 heteroatoms. The van der Waals surface area contributed by atoms with E-state index in [2.05, 4.69) is 14.9 Å². The van der Waals surface area contributed by atoms with E-state index in [-0.39, 0.29) is 6.03 Å². The largest absolute Gasteiger partial charge is 0.382 e. The van der Waals surface area contributed by atoms with Crippen molar-refractivity contribution in [3.8, 4) is 0 Å². The molecular weight excluding hydrogens is 384 g/mol. The van der Waals surface area contributed by atoms with Gasteiger partial charge in [-0.15, -0.1) is 0 Å². The molecule has 0 aromatic carbocycles. The van der Waals surface area contributed by atoms with E-state index in [1.54, 1.807) is 4.90 Å². The Morgan fingerprint density at radius 2 is 2.10 bits per heavy atom. The van der Waals surface area contributed by atoms with Crippen molar-refractivity contribution < 1.29 is 14.3 Å². The van der Waals surface area contributed by atoms with E-state index in [0.29, 0.717) is 58.4 Å². The van der Waals surface area contributed by atoms with Gasteiger partial charge < -0.3 is 30.0 Å². The molecule has 0 radical (unpaired) electrons. The summed E-state index contributed by atoms with van der Waals surface area (Å²) in [4.78, 5) is 23.0. The molecule has 2 amide bonds. The summed E-state index contributed by atoms with van der Waals surface area (Å²) < 4.78 is 13.3. The lowest BCUT2D eigenvalue weighted by Crippen LogP contribution is -2.46. The van der Waals surface area contributed by atoms with Gasteiger partial charge in [-0.1, -0.05) is 12.8 Å². The third-order valence-electron chi connectivity index (χ3n) is 5.72. The van der Waals surface area contributed by atoms with E-state index in [4.69, 9.17) is 20.2 Å². The smallest absolute Gasteiger partial charge is 0.317 e. The molecule has 0 spiro atoms. The number of aromatic nitrogens is 3. The molecule has 4 rings (SSSR count). The first kappa shape index (κ1) is 20.9. The van der Waals surface area contributed by atoms with Crippen LogP contribution < -0.4 is 11.1 Å². The van der Waals surface area contributed by atoms with Crippen molar-refractivity contribution in [2.75, 3.05) is 51.8 Å². The standard InChI is InChI=1S/C21H32N6O3/c1-15-14-17-19(20(22)24-15)25-18(5-4-16-2-3-16)27(17)9-13-29-10-6-23-21(28)26-7-11-30-12-8-26/h14,16H,2-13H2,1H3,(H2,22,24)(H,23,28). The molecule has 3 heterocycles. The fourth-order valence-corrected chi connectivity index (χ4v) is 3.87. The van der Waals surface area contributed by atoms with Gasteiger partial charge in [0.05, 0.1) is 31.9 Å². The number of carbonyl (C=O) groups excluding carboxylic acids is 1. The number of ether oxygens (including phenoxy) is 2. The van der Waals surface area contributed by atoms with Crippen molar-refractivity contribution in [3.63, 3.8) is 0 Å². The van der Waals surface area contributed by atoms with E-state index < -0.39 is 0 Å². The van der Waals surface area contributed by atoms with Crippen molar-refractivity contribution in [1.29, 1.82) is 0 Å². The van der Waals surface area contributed by atoms with Gasteiger partial charge in [-0.2, -0.15) is 0 Å². The zero-order valence-corrected chi connectivity index (χ0v) is 17.7. The van der Waals surface area contributed by atoms with Gasteiger partial charge in [0.15, 0.2) is 5.82 Å². The van der Waals surface area contributed by atoms with Gasteiger partial charge >= 0.3 is 6.03 Å². The van der Waals surface area contributed by atoms with Crippen LogP contribution in [0.15, 0.2) is 6.07 Å². The minimum Gasteiger partial charge on any atom is -0.382 e. The van der Waals surface area contributed by atoms with Crippen LogP contribution in [-0.2, 0) is 22.4 Å². The van der Waals surface area contributed by atoms with Gasteiger partial charge in [-0.05, 0) is 25.3 Å². The quantitative estimate of drug-likeness (QED) is 0.603. The van der Waals surface area contributed by atoms with Crippen LogP contribution in [-0.4, -0.2) is 71.5 Å². The van der Waals surface area contributed by atoms with Crippen LogP contribution in [0.1, 0.15) is 30.8 Å². The van der Waals surface area contributed by atoms with Crippen LogP contribution >= 0.6 is 0 Å². The fourth-order valence-electron chi connectivity index (χ4n) is 3.87. The first-order chi connectivity index (χ1) is 14.6. The second-order valence-electron chi connectivity index (χ2n) is 8.12. The Balaban J connectivity index is 1.29. The third-order valence-corrected chi connectivity index (χ3v) is 5.72. The highest BCUT2D eigenvalue weighted by molar-refractivity contribution is 5.85. The Morgan fingerprint density at radius 3 is 2.87 bits per heavy atom. The molecule has 2 fully saturated rings. The number of urea groups is 1. The highest BCUT2D eigenvalue weighted by Gasteiger charge is 2.23. The zero-order chi connectivity index (χ0) is 20.9. The second-order valence-corrected chi connectivity index (χ2v) is 8.12. The maximum absolute atomic E-state index is 12.1. The van der Waals surface area contributed by atoms with Gasteiger partial charge in [-0.3, -0.25) is 0 Å². The van der Waals surface area contributed by atoms with Crippen LogP contribution in [0.3, 0.4) is 0 Å². The zero-order valence-electron chi connectivity index (χ0n) is 17.7. The van der Waals surface area contributed by atoms with Gasteiger partial charge in [0.25, 0.3) is 0 Å². The van der Waals surface area contributed by atoms with Gasteiger partial charge in [0.1, 0.15) is 11.3 Å². The van der Waals surface area contributed by atoms with Crippen LogP contribution in [0.4, 0.5) is 10.6 Å². The summed E-state index contributed by atoms with van der Waals surface area (Å²) in [6.07, 6.45) is 4.79. The highest BCUT2D eigenvalue weighted by Crippen LogP contribution is 2.34. The van der Waals surface area contributed by atoms with Crippen LogP contribution in [0, 0.1) is 12.8 Å². The predicted molar refractivity (Wildman–Crippen MR) is 114 cm³/mol. The lowest BCUT2D eigenvalue weighted by atomic mass is 10.2. The molecule has 30 heavy (non-hydrogen) atoms. The minimum atomic E-state index is -0.0525. The van der Waals surface area contributed by atoms with Crippen LogP contribution in [0.5, 0.6) is 0 Å². The minimum absolute atomic E-state index is 0.0525. The molecule has 1 aliphatic carbocycles. The van der Waals surface area contributed by atoms with Crippen molar-refractivity contribution in [1.82, 2.24) is 24.8 Å². The third kappa shape index (κ3) is 5.20. The molecule has 2 aromatic rings. The maximum atomic E-state index is 12.1. The number of nitrogens with zero attached hydrogens (tertiary/aromatic N) is 4. The van der Waals surface area contributed by atoms with Gasteiger partial charge in [0, 0.05) is 38.3 Å². The van der Waals surface area contributed by atoms with E-state index in [1.165, 1.54) is 19.3 Å². The van der Waals surface area contributed by atoms with Crippen molar-refractivity contribution >= 4 is 22.9 Å². The molecule has 0 atom stereocenters. The van der Waals surface area contributed by atoms with Crippen LogP contribution in [0.25, 0.3) is 11.0 Å². The normalized spacial score (nSPS) is 16.9. The summed E-state index contributed by atoms with van der Waals surface area (Å²) in [5.41, 5.74) is 8.82. The Labute approximate surface area is 176 Å². The number of imidazole rings is 1. The molecule has 3 N–H and O–H groups in total. The summed E-state index contributed by atoms with van der Waals surface area (Å²) in [5.74, 6) is 2.39. The molecule has 0 unspecified atom stereocenters. The molecule has 1 saturated carbocycles. The van der Waals surface area contributed by atoms with E-state index in [0.717, 1.165) is 34.9 Å². The molecule has 2 aromatic heterocycles. The lowest BCUT2D eigenvalue weighted by Gasteiger charge is -2.26. The Morgan fingerprint density at radius 1 is 1.30 bits per heavy atom. The van der Waals surface area contributed by atoms with Crippen molar-refractivity contribution in [2.24, 2.45) is 5.92 Å². The van der Waals surface area contributed by atoms with E-state index in [9.17, 15) is 4.79 Å². The number of hydrogen-bond acceptors (Lipinski definition) is 6. The van der Waals surface area contributed by atoms with Gasteiger partial charge in [-0.25, -0.2) is 14.8 Å². The maximum Gasteiger partial charge on any atom is 0.317 e. The summed E-state index contributed by atoms with van der Waals surface area (Å²) in [5, 5.41) is 2.90. The number of anilines is 1. The number of hydrogen-bond donors (Lipinski definition) is 2. The molecular formula is C21H32N6O3. The number of fused-ring (bicyclic) bond motifs is 1. The first-order valence-corrected chi connectivity index (χ1v) is 10.9. The lowest BCUT2D eigenvalue weighted by molar-refractivity contribution is 0.0523. The number of pyridine rings is 1. The SMILES string of the molecule is Cc1cc2c(nc(CCC3CC3)n2CCOCCNC(=O)N2CCOCC2)c(N)n1. The molecule has 1 aliphatic heterocycles. The Kier molecular flexibility index (Phi) is 6.69. The monoisotopic (exact) mass is 416 g/mol. The topological polar surface area (TPSA) is 108 Å². The fraction of sp³-hybridized carbons (Fsp3) is 0.667. The Hall–Kier alpha value is -2.39. The summed E-state index contributed by atoms with van der Waals surface area (Å²) in [6, 6.07) is 1.99. The molecule has 164 valence electrons. The summed E-state index contributed by atoms with van der Waals surface area (Å²) in [6.45, 7) is 6.66. The predicted octanol–water partition coefficient (Wildman–Crippen LogP) is 1.72. The number of nitrogens with one attached hydrogen (secondary N) is 1. The number of rotatable bonds is 9.